The van der Waals surface area contributed by atoms with E-state index in [1.807, 2.05) is 0 Å². The van der Waals surface area contributed by atoms with Crippen molar-refractivity contribution in [1.29, 1.82) is 0 Å². The molecular weight excluding hydrogens is 289 g/mol. The molecule has 0 amide bonds. The van der Waals surface area contributed by atoms with Gasteiger partial charge in [0.05, 0.1) is 0 Å². The summed E-state index contributed by atoms with van der Waals surface area (Å²) in [4.78, 5) is 19.2. The first-order chi connectivity index (χ1) is 3.18. The molecule has 5 heteroatoms. The topological polar surface area (TPSA) is 63.6 Å². The summed E-state index contributed by atoms with van der Waals surface area (Å²) in [5, 5.41) is 7.74. The van der Waals surface area contributed by atoms with Gasteiger partial charge in [0.15, 0.2) is 0 Å². The molecule has 35 valence electrons. The van der Waals surface area contributed by atoms with Gasteiger partial charge in [0.2, 0.25) is 0 Å². The molecule has 0 atom stereocenters. The number of carbonyl (C=O) groups is 2. The molecule has 0 aromatic rings. The van der Waals surface area contributed by atoms with E-state index in [-0.39, 0.29) is 26.6 Å². The van der Waals surface area contributed by atoms with Crippen molar-refractivity contribution < 1.29 is 43.9 Å². The van der Waals surface area contributed by atoms with E-state index in [1.165, 1.54) is 0 Å². The van der Waals surface area contributed by atoms with E-state index in [9.17, 15) is 9.59 Å². The number of hydrogen-bond acceptors (Lipinski definition) is 3. The van der Waals surface area contributed by atoms with Gasteiger partial charge < -0.3 is 0 Å². The zero-order chi connectivity index (χ0) is 5.86. The van der Waals surface area contributed by atoms with Gasteiger partial charge in [0.1, 0.15) is 0 Å². The summed E-state index contributed by atoms with van der Waals surface area (Å²) in [5.41, 5.74) is 0. The predicted octanol–water partition coefficient (Wildman–Crippen LogP) is -0.924. The van der Waals surface area contributed by atoms with Gasteiger partial charge in [0.25, 0.3) is 0 Å². The fraction of sp³-hybridized carbons (Fsp3) is 0. The molecule has 1 N–H and O–H groups in total. The number of hydrogen-bond donors (Lipinski definition) is 1. The molecule has 0 fully saturated rings. The first-order valence-electron chi connectivity index (χ1n) is 1.37. The van der Waals surface area contributed by atoms with E-state index < -0.39 is 11.9 Å². The number of carbonyl (C=O) groups excluding carboxylic acids is 1. The number of carboxylic acid groups (broad SMARTS) is 1. The van der Waals surface area contributed by atoms with Crippen molar-refractivity contribution in [2.75, 3.05) is 0 Å². The minimum atomic E-state index is -1.52. The minimum absolute atomic E-state index is 0.208. The van der Waals surface area contributed by atoms with Crippen molar-refractivity contribution in [3.8, 4) is 0 Å². The second-order valence-corrected chi connectivity index (χ2v) is 1.86. The zero-order valence-electron chi connectivity index (χ0n) is 3.38. The Morgan fingerprint density at radius 1 is 1.57 bits per heavy atom. The van der Waals surface area contributed by atoms with E-state index in [2.05, 4.69) is 2.64 Å². The van der Waals surface area contributed by atoms with Gasteiger partial charge in [-0.05, 0) is 0 Å². The van der Waals surface area contributed by atoms with E-state index in [1.54, 1.807) is 0 Å². The second-order valence-electron chi connectivity index (χ2n) is 0.737. The molecule has 0 saturated carbocycles. The molecule has 0 bridgehead atoms. The summed E-state index contributed by atoms with van der Waals surface area (Å²) in [6.45, 7) is 0. The SMILES string of the molecule is O=C(O)C(=O)[O][Hg]. The fourth-order valence-corrected chi connectivity index (χ4v) is 0.542. The van der Waals surface area contributed by atoms with Crippen LogP contribution in [0, 0.1) is 0 Å². The maximum atomic E-state index is 9.74. The van der Waals surface area contributed by atoms with Crippen LogP contribution >= 0.6 is 0 Å². The second kappa shape index (κ2) is 2.95. The molecule has 0 rings (SSSR count). The van der Waals surface area contributed by atoms with E-state index in [0.29, 0.717) is 0 Å². The van der Waals surface area contributed by atoms with E-state index >= 15 is 0 Å². The molecule has 0 unspecified atom stereocenters. The van der Waals surface area contributed by atoms with Crippen molar-refractivity contribution in [2.24, 2.45) is 0 Å². The van der Waals surface area contributed by atoms with Gasteiger partial charge in [-0.1, -0.05) is 0 Å². The van der Waals surface area contributed by atoms with Crippen molar-refractivity contribution in [3.05, 3.63) is 0 Å². The van der Waals surface area contributed by atoms with Crippen molar-refractivity contribution >= 4 is 11.9 Å². The Labute approximate surface area is 56.1 Å². The Kier molecular flexibility index (Phi) is 2.90. The summed E-state index contributed by atoms with van der Waals surface area (Å²) in [5.74, 6) is -2.67. The molecule has 0 saturated heterocycles. The van der Waals surface area contributed by atoms with Gasteiger partial charge in [-0.3, -0.25) is 0 Å². The average Bonchev–Trinajstić information content (AvgIpc) is 1.65. The molecule has 0 aliphatic carbocycles. The Bertz CT molecular complexity index is 97.9. The third-order valence-electron chi connectivity index (χ3n) is 0.306. The van der Waals surface area contributed by atoms with Crippen molar-refractivity contribution in [2.45, 2.75) is 0 Å². The Morgan fingerprint density at radius 3 is 2.00 bits per heavy atom. The van der Waals surface area contributed by atoms with Crippen LogP contribution in [0.4, 0.5) is 0 Å². The zero-order valence-corrected chi connectivity index (χ0v) is 8.88. The van der Waals surface area contributed by atoms with Gasteiger partial charge in [-0.25, -0.2) is 0 Å². The van der Waals surface area contributed by atoms with Crippen LogP contribution in [0.25, 0.3) is 0 Å². The standard InChI is InChI=1S/C2H2O4.Hg/c3-1(4)2(5)6;/h(H,3,4)(H,5,6);/q;+1/p-1. The van der Waals surface area contributed by atoms with Gasteiger partial charge in [-0.15, -0.1) is 0 Å². The van der Waals surface area contributed by atoms with Crippen LogP contribution < -0.4 is 0 Å². The number of carboxylic acids is 1. The van der Waals surface area contributed by atoms with Crippen LogP contribution in [0.1, 0.15) is 0 Å². The fourth-order valence-electron chi connectivity index (χ4n) is 0.0617. The van der Waals surface area contributed by atoms with Gasteiger partial charge in [-0.2, -0.15) is 0 Å². The molecule has 4 nitrogen and oxygen atoms in total. The van der Waals surface area contributed by atoms with Crippen LogP contribution in [0.15, 0.2) is 0 Å². The Hall–Kier alpha value is -0.125. The maximum absolute atomic E-state index is 9.74. The number of rotatable bonds is 0. The molecule has 0 radical (unpaired) electrons. The Balaban J connectivity index is 3.58. The van der Waals surface area contributed by atoms with Crippen molar-refractivity contribution in [3.63, 3.8) is 0 Å². The first kappa shape index (κ1) is 6.88. The van der Waals surface area contributed by atoms with Gasteiger partial charge >= 0.3 is 55.9 Å². The predicted molar refractivity (Wildman–Crippen MR) is 13.7 cm³/mol. The van der Waals surface area contributed by atoms with E-state index in [0.717, 1.165) is 0 Å². The molecule has 0 aliphatic heterocycles. The normalized spacial score (nSPS) is 7.71. The van der Waals surface area contributed by atoms with Crippen molar-refractivity contribution in [1.82, 2.24) is 0 Å². The van der Waals surface area contributed by atoms with Crippen LogP contribution in [-0.2, 0) is 38.8 Å². The van der Waals surface area contributed by atoms with Crippen LogP contribution in [0.5, 0.6) is 0 Å². The third kappa shape index (κ3) is 2.56. The third-order valence-corrected chi connectivity index (χ3v) is 1.32. The molecule has 7 heavy (non-hydrogen) atoms. The van der Waals surface area contributed by atoms with Crippen LogP contribution in [-0.4, -0.2) is 17.0 Å². The summed E-state index contributed by atoms with van der Waals surface area (Å²) in [6, 6.07) is 0. The van der Waals surface area contributed by atoms with Crippen LogP contribution in [0.2, 0.25) is 0 Å². The molecule has 0 heterocycles. The first-order valence-corrected chi connectivity index (χ1v) is 3.62. The number of aliphatic carboxylic acids is 1. The molecule has 0 aliphatic rings. The molecular formula is C2HHgO4. The monoisotopic (exact) mass is 291 g/mol. The molecule has 0 aromatic heterocycles. The Morgan fingerprint density at radius 2 is 2.00 bits per heavy atom. The van der Waals surface area contributed by atoms with Crippen LogP contribution in [0.3, 0.4) is 0 Å². The summed E-state index contributed by atoms with van der Waals surface area (Å²) < 4.78 is 3.97. The quantitative estimate of drug-likeness (QED) is 0.463. The molecule has 0 aromatic carbocycles. The molecule has 0 spiro atoms. The van der Waals surface area contributed by atoms with Gasteiger partial charge in [0, 0.05) is 0 Å². The average molecular weight is 290 g/mol. The summed E-state index contributed by atoms with van der Waals surface area (Å²) in [7, 11) is 0. The van der Waals surface area contributed by atoms with E-state index in [4.69, 9.17) is 5.11 Å². The summed E-state index contributed by atoms with van der Waals surface area (Å²) >= 11 is -0.208. The summed E-state index contributed by atoms with van der Waals surface area (Å²) in [6.07, 6.45) is 0.